The molecule has 0 aromatic heterocycles. The zero-order chi connectivity index (χ0) is 12.8. The van der Waals surface area contributed by atoms with Gasteiger partial charge in [0, 0.05) is 12.0 Å². The van der Waals surface area contributed by atoms with E-state index in [9.17, 15) is 0 Å². The fourth-order valence-electron chi connectivity index (χ4n) is 2.21. The van der Waals surface area contributed by atoms with Crippen molar-refractivity contribution >= 4 is 0 Å². The fourth-order valence-corrected chi connectivity index (χ4v) is 2.21. The highest BCUT2D eigenvalue weighted by Gasteiger charge is 2.22. The average Bonchev–Trinajstić information content (AvgIpc) is 2.91. The van der Waals surface area contributed by atoms with Crippen LogP contribution >= 0.6 is 0 Å². The lowest BCUT2D eigenvalue weighted by molar-refractivity contribution is 0.214. The van der Waals surface area contributed by atoms with Gasteiger partial charge < -0.3 is 14.8 Å². The van der Waals surface area contributed by atoms with Gasteiger partial charge >= 0.3 is 0 Å². The lowest BCUT2D eigenvalue weighted by atomic mass is 10.0. The minimum absolute atomic E-state index is 0.0975. The number of benzene rings is 1. The van der Waals surface area contributed by atoms with Crippen molar-refractivity contribution in [2.45, 2.75) is 26.3 Å². The maximum absolute atomic E-state index is 5.70. The third-order valence-corrected chi connectivity index (χ3v) is 2.95. The number of para-hydroxylation sites is 1. The number of hydrogen-bond donors (Lipinski definition) is 1. The maximum atomic E-state index is 5.70. The van der Waals surface area contributed by atoms with Gasteiger partial charge in [-0.25, -0.2) is 0 Å². The summed E-state index contributed by atoms with van der Waals surface area (Å²) in [6.07, 6.45) is 3.16. The number of rotatable bonds is 6. The van der Waals surface area contributed by atoms with E-state index in [-0.39, 0.29) is 6.04 Å². The Hall–Kier alpha value is -1.48. The Balaban J connectivity index is 2.29. The second-order valence-electron chi connectivity index (χ2n) is 4.21. The monoisotopic (exact) mass is 247 g/mol. The molecule has 0 saturated heterocycles. The second kappa shape index (κ2) is 6.45. The third kappa shape index (κ3) is 2.85. The molecule has 18 heavy (non-hydrogen) atoms. The van der Waals surface area contributed by atoms with Crippen molar-refractivity contribution in [2.75, 3.05) is 19.8 Å². The quantitative estimate of drug-likeness (QED) is 0.838. The van der Waals surface area contributed by atoms with Crippen molar-refractivity contribution in [3.8, 4) is 5.75 Å². The van der Waals surface area contributed by atoms with Crippen molar-refractivity contribution in [1.29, 1.82) is 0 Å². The molecule has 3 nitrogen and oxygen atoms in total. The topological polar surface area (TPSA) is 30.5 Å². The predicted molar refractivity (Wildman–Crippen MR) is 72.7 cm³/mol. The first-order chi connectivity index (χ1) is 8.86. The first-order valence-corrected chi connectivity index (χ1v) is 6.64. The SMILES string of the molecule is CCNC(C1=CCCO1)c1ccccc1OCC. The summed E-state index contributed by atoms with van der Waals surface area (Å²) >= 11 is 0. The van der Waals surface area contributed by atoms with Crippen molar-refractivity contribution in [1.82, 2.24) is 5.32 Å². The standard InChI is InChI=1S/C15H21NO2/c1-3-16-15(14-10-7-11-18-14)12-8-5-6-9-13(12)17-4-2/h5-6,8-10,15-16H,3-4,7,11H2,1-2H3. The molecular weight excluding hydrogens is 226 g/mol. The molecule has 98 valence electrons. The Kier molecular flexibility index (Phi) is 4.65. The predicted octanol–water partition coefficient (Wildman–Crippen LogP) is 3.04. The fraction of sp³-hybridized carbons (Fsp3) is 0.467. The van der Waals surface area contributed by atoms with Gasteiger partial charge in [-0.3, -0.25) is 0 Å². The first kappa shape index (κ1) is 13.0. The van der Waals surface area contributed by atoms with Gasteiger partial charge in [-0.1, -0.05) is 25.1 Å². The maximum Gasteiger partial charge on any atom is 0.124 e. The second-order valence-corrected chi connectivity index (χ2v) is 4.21. The molecule has 1 aliphatic heterocycles. The Morgan fingerprint density at radius 2 is 2.17 bits per heavy atom. The molecule has 0 aliphatic carbocycles. The number of likely N-dealkylation sites (N-methyl/N-ethyl adjacent to an activating group) is 1. The van der Waals surface area contributed by atoms with E-state index in [1.807, 2.05) is 25.1 Å². The first-order valence-electron chi connectivity index (χ1n) is 6.64. The molecule has 1 heterocycles. The zero-order valence-corrected chi connectivity index (χ0v) is 11.1. The Morgan fingerprint density at radius 1 is 1.33 bits per heavy atom. The number of hydrogen-bond acceptors (Lipinski definition) is 3. The van der Waals surface area contributed by atoms with E-state index in [1.54, 1.807) is 0 Å². The number of ether oxygens (including phenoxy) is 2. The summed E-state index contributed by atoms with van der Waals surface area (Å²) < 4.78 is 11.4. The number of nitrogens with one attached hydrogen (secondary N) is 1. The molecule has 2 rings (SSSR count). The van der Waals surface area contributed by atoms with Crippen LogP contribution in [0.1, 0.15) is 31.9 Å². The Morgan fingerprint density at radius 3 is 2.83 bits per heavy atom. The third-order valence-electron chi connectivity index (χ3n) is 2.95. The van der Waals surface area contributed by atoms with Crippen LogP contribution in [0.15, 0.2) is 36.1 Å². The summed E-state index contributed by atoms with van der Waals surface area (Å²) in [4.78, 5) is 0. The summed E-state index contributed by atoms with van der Waals surface area (Å²) in [5.74, 6) is 1.95. The van der Waals surface area contributed by atoms with Crippen molar-refractivity contribution < 1.29 is 9.47 Å². The van der Waals surface area contributed by atoms with E-state index in [4.69, 9.17) is 9.47 Å². The van der Waals surface area contributed by atoms with Crippen LogP contribution in [0.2, 0.25) is 0 Å². The molecule has 1 atom stereocenters. The van der Waals surface area contributed by atoms with E-state index in [0.29, 0.717) is 6.61 Å². The smallest absolute Gasteiger partial charge is 0.124 e. The summed E-state index contributed by atoms with van der Waals surface area (Å²) in [5.41, 5.74) is 1.15. The van der Waals surface area contributed by atoms with Crippen molar-refractivity contribution in [3.05, 3.63) is 41.7 Å². The highest BCUT2D eigenvalue weighted by Crippen LogP contribution is 2.32. The average molecular weight is 247 g/mol. The van der Waals surface area contributed by atoms with E-state index in [0.717, 1.165) is 36.6 Å². The van der Waals surface area contributed by atoms with Crippen LogP contribution < -0.4 is 10.1 Å². The van der Waals surface area contributed by atoms with E-state index in [2.05, 4.69) is 24.4 Å². The molecule has 0 saturated carbocycles. The Labute approximate surface area is 109 Å². The van der Waals surface area contributed by atoms with Crippen LogP contribution in [0.25, 0.3) is 0 Å². The lowest BCUT2D eigenvalue weighted by Crippen LogP contribution is -2.23. The van der Waals surface area contributed by atoms with Crippen LogP contribution in [-0.4, -0.2) is 19.8 Å². The van der Waals surface area contributed by atoms with E-state index in [1.165, 1.54) is 0 Å². The van der Waals surface area contributed by atoms with Gasteiger partial charge in [0.2, 0.25) is 0 Å². The molecule has 0 radical (unpaired) electrons. The summed E-state index contributed by atoms with van der Waals surface area (Å²) in [5, 5.41) is 3.47. The summed E-state index contributed by atoms with van der Waals surface area (Å²) in [6, 6.07) is 8.25. The molecule has 1 unspecified atom stereocenters. The van der Waals surface area contributed by atoms with Crippen molar-refractivity contribution in [2.24, 2.45) is 0 Å². The molecule has 0 spiro atoms. The summed E-state index contributed by atoms with van der Waals surface area (Å²) in [7, 11) is 0. The molecule has 1 N–H and O–H groups in total. The minimum atomic E-state index is 0.0975. The van der Waals surface area contributed by atoms with Gasteiger partial charge in [0.25, 0.3) is 0 Å². The molecule has 0 fully saturated rings. The van der Waals surface area contributed by atoms with Gasteiger partial charge in [0.05, 0.1) is 19.3 Å². The van der Waals surface area contributed by atoms with Crippen LogP contribution in [-0.2, 0) is 4.74 Å². The lowest BCUT2D eigenvalue weighted by Gasteiger charge is -2.22. The highest BCUT2D eigenvalue weighted by molar-refractivity contribution is 5.39. The van der Waals surface area contributed by atoms with E-state index < -0.39 is 0 Å². The molecule has 1 aromatic rings. The highest BCUT2D eigenvalue weighted by atomic mass is 16.5. The van der Waals surface area contributed by atoms with Crippen LogP contribution in [0.5, 0.6) is 5.75 Å². The van der Waals surface area contributed by atoms with Gasteiger partial charge in [0.1, 0.15) is 11.5 Å². The van der Waals surface area contributed by atoms with Crippen LogP contribution in [0.3, 0.4) is 0 Å². The molecule has 3 heteroatoms. The van der Waals surface area contributed by atoms with Crippen molar-refractivity contribution in [3.63, 3.8) is 0 Å². The molecule has 1 aromatic carbocycles. The van der Waals surface area contributed by atoms with Crippen LogP contribution in [0, 0.1) is 0 Å². The molecular formula is C15H21NO2. The van der Waals surface area contributed by atoms with Gasteiger partial charge in [-0.15, -0.1) is 0 Å². The van der Waals surface area contributed by atoms with Gasteiger partial charge in [-0.05, 0) is 25.6 Å². The summed E-state index contributed by atoms with van der Waals surface area (Å²) in [6.45, 7) is 6.46. The largest absolute Gasteiger partial charge is 0.496 e. The van der Waals surface area contributed by atoms with Crippen LogP contribution in [0.4, 0.5) is 0 Å². The zero-order valence-electron chi connectivity index (χ0n) is 11.1. The normalized spacial score (nSPS) is 16.0. The Bertz CT molecular complexity index is 415. The molecule has 0 amide bonds. The molecule has 0 bridgehead atoms. The van der Waals surface area contributed by atoms with Gasteiger partial charge in [-0.2, -0.15) is 0 Å². The van der Waals surface area contributed by atoms with E-state index >= 15 is 0 Å². The molecule has 1 aliphatic rings. The van der Waals surface area contributed by atoms with Gasteiger partial charge in [0.15, 0.2) is 0 Å². The minimum Gasteiger partial charge on any atom is -0.496 e.